The fourth-order valence-electron chi connectivity index (χ4n) is 3.85. The highest BCUT2D eigenvalue weighted by atomic mass is 16.7. The first kappa shape index (κ1) is 23.2. The average molecular weight is 461 g/mol. The second-order valence-electron chi connectivity index (χ2n) is 8.29. The lowest BCUT2D eigenvalue weighted by Crippen LogP contribution is -2.42. The minimum absolute atomic E-state index is 0.0803. The van der Waals surface area contributed by atoms with Crippen molar-refractivity contribution in [1.82, 2.24) is 9.80 Å². The molecule has 4 rings (SSSR count). The van der Waals surface area contributed by atoms with E-state index in [0.29, 0.717) is 29.4 Å². The van der Waals surface area contributed by atoms with Gasteiger partial charge >= 0.3 is 0 Å². The van der Waals surface area contributed by atoms with E-state index in [1.807, 2.05) is 62.4 Å². The molecule has 1 aromatic heterocycles. The number of ether oxygens (including phenoxy) is 2. The summed E-state index contributed by atoms with van der Waals surface area (Å²) in [4.78, 5) is 29.8. The molecule has 0 N–H and O–H groups in total. The maximum Gasteiger partial charge on any atom is 0.254 e. The van der Waals surface area contributed by atoms with Crippen LogP contribution < -0.4 is 9.47 Å². The number of nitrogens with zero attached hydrogens (tertiary/aromatic N) is 2. The van der Waals surface area contributed by atoms with E-state index >= 15 is 0 Å². The number of furan rings is 1. The van der Waals surface area contributed by atoms with Crippen LogP contribution in [0.2, 0.25) is 0 Å². The SMILES string of the molecule is C=CCN(CC(=O)N(Cc1ccc2c(c1)OCO2)Cc1ccc(C)o1)C(=O)c1cccc(C)c1. The zero-order chi connectivity index (χ0) is 24.1. The maximum atomic E-state index is 13.5. The van der Waals surface area contributed by atoms with Crippen molar-refractivity contribution in [2.45, 2.75) is 26.9 Å². The van der Waals surface area contributed by atoms with Gasteiger partial charge in [0.05, 0.1) is 6.54 Å². The fourth-order valence-corrected chi connectivity index (χ4v) is 3.85. The van der Waals surface area contributed by atoms with E-state index in [9.17, 15) is 9.59 Å². The Hall–Kier alpha value is -4.00. The van der Waals surface area contributed by atoms with Crippen LogP contribution >= 0.6 is 0 Å². The summed E-state index contributed by atoms with van der Waals surface area (Å²) < 4.78 is 16.6. The van der Waals surface area contributed by atoms with Gasteiger partial charge in [-0.2, -0.15) is 0 Å². The van der Waals surface area contributed by atoms with Crippen molar-refractivity contribution in [1.29, 1.82) is 0 Å². The molecular formula is C27H28N2O5. The number of hydrogen-bond acceptors (Lipinski definition) is 5. The molecule has 1 aliphatic heterocycles. The molecule has 0 fully saturated rings. The smallest absolute Gasteiger partial charge is 0.254 e. The van der Waals surface area contributed by atoms with Gasteiger partial charge in [-0.15, -0.1) is 6.58 Å². The Balaban J connectivity index is 1.55. The Morgan fingerprint density at radius 1 is 0.971 bits per heavy atom. The van der Waals surface area contributed by atoms with Crippen LogP contribution in [0.15, 0.2) is 71.7 Å². The van der Waals surface area contributed by atoms with E-state index in [-0.39, 0.29) is 38.2 Å². The van der Waals surface area contributed by atoms with Gasteiger partial charge in [0, 0.05) is 18.7 Å². The second-order valence-corrected chi connectivity index (χ2v) is 8.29. The number of carbonyl (C=O) groups excluding carboxylic acids is 2. The summed E-state index contributed by atoms with van der Waals surface area (Å²) in [6.45, 7) is 8.52. The van der Waals surface area contributed by atoms with E-state index in [1.54, 1.807) is 17.0 Å². The molecule has 0 bridgehead atoms. The van der Waals surface area contributed by atoms with Crippen molar-refractivity contribution in [2.24, 2.45) is 0 Å². The zero-order valence-electron chi connectivity index (χ0n) is 19.5. The Bertz CT molecular complexity index is 1200. The van der Waals surface area contributed by atoms with Gasteiger partial charge in [-0.05, 0) is 55.8 Å². The summed E-state index contributed by atoms with van der Waals surface area (Å²) in [5.41, 5.74) is 2.41. The summed E-state index contributed by atoms with van der Waals surface area (Å²) in [6, 6.07) is 16.7. The van der Waals surface area contributed by atoms with Crippen molar-refractivity contribution in [3.8, 4) is 11.5 Å². The van der Waals surface area contributed by atoms with Crippen molar-refractivity contribution in [2.75, 3.05) is 19.9 Å². The van der Waals surface area contributed by atoms with E-state index in [4.69, 9.17) is 13.9 Å². The highest BCUT2D eigenvalue weighted by molar-refractivity contribution is 5.96. The van der Waals surface area contributed by atoms with Crippen molar-refractivity contribution in [3.05, 3.63) is 95.5 Å². The van der Waals surface area contributed by atoms with E-state index in [2.05, 4.69) is 6.58 Å². The van der Waals surface area contributed by atoms with Gasteiger partial charge in [0.25, 0.3) is 5.91 Å². The predicted molar refractivity (Wildman–Crippen MR) is 128 cm³/mol. The van der Waals surface area contributed by atoms with Crippen LogP contribution in [0.5, 0.6) is 11.5 Å². The minimum Gasteiger partial charge on any atom is -0.464 e. The Labute approximate surface area is 199 Å². The number of rotatable bonds is 9. The molecule has 176 valence electrons. The highest BCUT2D eigenvalue weighted by Crippen LogP contribution is 2.33. The second kappa shape index (κ2) is 10.3. The van der Waals surface area contributed by atoms with Crippen LogP contribution in [-0.4, -0.2) is 41.5 Å². The number of amides is 2. The molecule has 3 aromatic rings. The Morgan fingerprint density at radius 3 is 2.53 bits per heavy atom. The third-order valence-electron chi connectivity index (χ3n) is 5.53. The van der Waals surface area contributed by atoms with Gasteiger partial charge in [-0.1, -0.05) is 29.8 Å². The number of aryl methyl sites for hydroxylation is 2. The molecule has 2 aromatic carbocycles. The molecule has 2 amide bonds. The molecule has 0 atom stereocenters. The van der Waals surface area contributed by atoms with Gasteiger partial charge in [0.2, 0.25) is 12.7 Å². The summed E-state index contributed by atoms with van der Waals surface area (Å²) in [6.07, 6.45) is 1.62. The van der Waals surface area contributed by atoms with Crippen molar-refractivity contribution in [3.63, 3.8) is 0 Å². The molecule has 0 spiro atoms. The first-order chi connectivity index (χ1) is 16.4. The lowest BCUT2D eigenvalue weighted by atomic mass is 10.1. The monoisotopic (exact) mass is 460 g/mol. The van der Waals surface area contributed by atoms with Crippen molar-refractivity contribution >= 4 is 11.8 Å². The summed E-state index contributed by atoms with van der Waals surface area (Å²) >= 11 is 0. The van der Waals surface area contributed by atoms with E-state index in [0.717, 1.165) is 16.9 Å². The maximum absolute atomic E-state index is 13.5. The van der Waals surface area contributed by atoms with Crippen LogP contribution in [0, 0.1) is 13.8 Å². The normalized spacial score (nSPS) is 11.8. The number of hydrogen-bond donors (Lipinski definition) is 0. The summed E-state index contributed by atoms with van der Waals surface area (Å²) in [5, 5.41) is 0. The molecule has 0 saturated heterocycles. The molecule has 1 aliphatic rings. The highest BCUT2D eigenvalue weighted by Gasteiger charge is 2.24. The number of fused-ring (bicyclic) bond motifs is 1. The summed E-state index contributed by atoms with van der Waals surface area (Å²) in [7, 11) is 0. The van der Waals surface area contributed by atoms with Crippen molar-refractivity contribution < 1.29 is 23.5 Å². The van der Waals surface area contributed by atoms with Crippen LogP contribution in [0.4, 0.5) is 0 Å². The van der Waals surface area contributed by atoms with E-state index in [1.165, 1.54) is 4.90 Å². The third-order valence-corrected chi connectivity index (χ3v) is 5.53. The van der Waals surface area contributed by atoms with Gasteiger partial charge in [-0.25, -0.2) is 0 Å². The zero-order valence-corrected chi connectivity index (χ0v) is 19.5. The topological polar surface area (TPSA) is 72.2 Å². The molecule has 2 heterocycles. The van der Waals surface area contributed by atoms with Crippen LogP contribution in [0.1, 0.15) is 33.0 Å². The largest absolute Gasteiger partial charge is 0.464 e. The molecule has 0 unspecified atom stereocenters. The number of carbonyl (C=O) groups is 2. The van der Waals surface area contributed by atoms with Crippen LogP contribution in [0.3, 0.4) is 0 Å². The predicted octanol–water partition coefficient (Wildman–Crippen LogP) is 4.48. The lowest BCUT2D eigenvalue weighted by Gasteiger charge is -2.27. The Kier molecular flexibility index (Phi) is 7.01. The lowest BCUT2D eigenvalue weighted by molar-refractivity contribution is -0.133. The fraction of sp³-hybridized carbons (Fsp3) is 0.259. The van der Waals surface area contributed by atoms with Crippen LogP contribution in [-0.2, 0) is 17.9 Å². The van der Waals surface area contributed by atoms with Gasteiger partial charge in [0.15, 0.2) is 11.5 Å². The van der Waals surface area contributed by atoms with E-state index < -0.39 is 0 Å². The minimum atomic E-state index is -0.214. The van der Waals surface area contributed by atoms with Crippen LogP contribution in [0.25, 0.3) is 0 Å². The van der Waals surface area contributed by atoms with Gasteiger partial charge in [-0.3, -0.25) is 9.59 Å². The molecule has 7 heteroatoms. The molecular weight excluding hydrogens is 432 g/mol. The first-order valence-corrected chi connectivity index (χ1v) is 11.1. The number of benzene rings is 2. The standard InChI is InChI=1S/C27H28N2O5/c1-4-12-28(27(31)22-7-5-6-19(2)13-22)17-26(30)29(16-23-10-8-20(3)34-23)15-21-9-11-24-25(14-21)33-18-32-24/h4-11,13-14H,1,12,15-18H2,2-3H3. The Morgan fingerprint density at radius 2 is 1.79 bits per heavy atom. The molecule has 0 aliphatic carbocycles. The quantitative estimate of drug-likeness (QED) is 0.440. The third kappa shape index (κ3) is 5.49. The molecule has 7 nitrogen and oxygen atoms in total. The molecule has 0 saturated carbocycles. The molecule has 34 heavy (non-hydrogen) atoms. The van der Waals surface area contributed by atoms with Gasteiger partial charge in [0.1, 0.15) is 18.1 Å². The van der Waals surface area contributed by atoms with Gasteiger partial charge < -0.3 is 23.7 Å². The molecule has 0 radical (unpaired) electrons. The average Bonchev–Trinajstić information content (AvgIpc) is 3.46. The first-order valence-electron chi connectivity index (χ1n) is 11.1. The summed E-state index contributed by atoms with van der Waals surface area (Å²) in [5.74, 6) is 2.37.